The SMILES string of the molecule is Cn1cc(C2(CNC(=O)COc3ccccc3)CC2)c2ccccc21. The summed E-state index contributed by atoms with van der Waals surface area (Å²) in [5, 5.41) is 4.34. The molecule has 4 nitrogen and oxygen atoms in total. The van der Waals surface area contributed by atoms with Gasteiger partial charge in [0.1, 0.15) is 5.75 Å². The van der Waals surface area contributed by atoms with E-state index in [-0.39, 0.29) is 17.9 Å². The van der Waals surface area contributed by atoms with Gasteiger partial charge in [-0.3, -0.25) is 4.79 Å². The first-order chi connectivity index (χ1) is 12.2. The van der Waals surface area contributed by atoms with Crippen molar-refractivity contribution in [2.24, 2.45) is 7.05 Å². The minimum absolute atomic E-state index is 0.0512. The number of para-hydroxylation sites is 2. The third-order valence-electron chi connectivity index (χ3n) is 5.06. The van der Waals surface area contributed by atoms with Gasteiger partial charge in [-0.2, -0.15) is 0 Å². The van der Waals surface area contributed by atoms with E-state index in [9.17, 15) is 4.79 Å². The number of nitrogens with one attached hydrogen (secondary N) is 1. The first-order valence-corrected chi connectivity index (χ1v) is 8.67. The van der Waals surface area contributed by atoms with Crippen molar-refractivity contribution in [3.63, 3.8) is 0 Å². The molecule has 0 unspecified atom stereocenters. The van der Waals surface area contributed by atoms with Crippen LogP contribution in [0.25, 0.3) is 10.9 Å². The largest absolute Gasteiger partial charge is 0.484 e. The number of hydrogen-bond acceptors (Lipinski definition) is 2. The van der Waals surface area contributed by atoms with Crippen molar-refractivity contribution >= 4 is 16.8 Å². The van der Waals surface area contributed by atoms with Crippen molar-refractivity contribution < 1.29 is 9.53 Å². The molecule has 0 aliphatic heterocycles. The number of carbonyl (C=O) groups excluding carboxylic acids is 1. The summed E-state index contributed by atoms with van der Waals surface area (Å²) in [5.74, 6) is 0.642. The molecule has 1 aliphatic carbocycles. The fraction of sp³-hybridized carbons (Fsp3) is 0.286. The van der Waals surface area contributed by atoms with Gasteiger partial charge in [0.15, 0.2) is 6.61 Å². The van der Waals surface area contributed by atoms with Gasteiger partial charge in [-0.05, 0) is 36.6 Å². The number of ether oxygens (including phenoxy) is 1. The van der Waals surface area contributed by atoms with E-state index in [4.69, 9.17) is 4.74 Å². The molecule has 0 saturated heterocycles. The minimum atomic E-state index is -0.0737. The minimum Gasteiger partial charge on any atom is -0.484 e. The van der Waals surface area contributed by atoms with Gasteiger partial charge in [0, 0.05) is 36.1 Å². The standard InChI is InChI=1S/C21H22N2O2/c1-23-13-18(17-9-5-6-10-19(17)23)21(11-12-21)15-22-20(24)14-25-16-7-3-2-4-8-16/h2-10,13H,11-12,14-15H2,1H3,(H,22,24). The molecule has 1 fully saturated rings. The molecule has 1 saturated carbocycles. The summed E-state index contributed by atoms with van der Waals surface area (Å²) in [4.78, 5) is 12.1. The third kappa shape index (κ3) is 3.12. The molecule has 1 aromatic heterocycles. The maximum atomic E-state index is 12.1. The zero-order chi connectivity index (χ0) is 17.3. The third-order valence-corrected chi connectivity index (χ3v) is 5.06. The highest BCUT2D eigenvalue weighted by Crippen LogP contribution is 2.50. The molecule has 4 heteroatoms. The number of benzene rings is 2. The summed E-state index contributed by atoms with van der Waals surface area (Å²) in [6, 6.07) is 17.9. The monoisotopic (exact) mass is 334 g/mol. The molecule has 0 atom stereocenters. The Morgan fingerprint density at radius 3 is 2.60 bits per heavy atom. The maximum absolute atomic E-state index is 12.1. The van der Waals surface area contributed by atoms with Crippen LogP contribution in [0.5, 0.6) is 5.75 Å². The molecule has 1 amide bonds. The number of nitrogens with zero attached hydrogens (tertiary/aromatic N) is 1. The lowest BCUT2D eigenvalue weighted by Crippen LogP contribution is -2.35. The second-order valence-electron chi connectivity index (χ2n) is 6.83. The second kappa shape index (κ2) is 6.28. The molecule has 0 bridgehead atoms. The van der Waals surface area contributed by atoms with Crippen LogP contribution < -0.4 is 10.1 Å². The molecule has 128 valence electrons. The Hall–Kier alpha value is -2.75. The van der Waals surface area contributed by atoms with Crippen molar-refractivity contribution in [1.82, 2.24) is 9.88 Å². The average molecular weight is 334 g/mol. The van der Waals surface area contributed by atoms with E-state index in [1.165, 1.54) is 16.5 Å². The summed E-state index contributed by atoms with van der Waals surface area (Å²) < 4.78 is 7.69. The fourth-order valence-electron chi connectivity index (χ4n) is 3.44. The summed E-state index contributed by atoms with van der Waals surface area (Å²) in [6.45, 7) is 0.716. The van der Waals surface area contributed by atoms with Gasteiger partial charge in [-0.25, -0.2) is 0 Å². The number of carbonyl (C=O) groups is 1. The van der Waals surface area contributed by atoms with Crippen LogP contribution in [0.4, 0.5) is 0 Å². The quantitative estimate of drug-likeness (QED) is 0.751. The highest BCUT2D eigenvalue weighted by Gasteiger charge is 2.46. The smallest absolute Gasteiger partial charge is 0.257 e. The van der Waals surface area contributed by atoms with Gasteiger partial charge in [0.25, 0.3) is 5.91 Å². The first kappa shape index (κ1) is 15.8. The summed E-state index contributed by atoms with van der Waals surface area (Å²) in [6.07, 6.45) is 4.44. The van der Waals surface area contributed by atoms with E-state index < -0.39 is 0 Å². The lowest BCUT2D eigenvalue weighted by Gasteiger charge is -2.16. The van der Waals surface area contributed by atoms with Gasteiger partial charge < -0.3 is 14.6 Å². The van der Waals surface area contributed by atoms with E-state index in [0.29, 0.717) is 12.3 Å². The van der Waals surface area contributed by atoms with Gasteiger partial charge in [0.05, 0.1) is 0 Å². The van der Waals surface area contributed by atoms with Gasteiger partial charge in [-0.15, -0.1) is 0 Å². The Kier molecular flexibility index (Phi) is 3.96. The number of aryl methyl sites for hydroxylation is 1. The lowest BCUT2D eigenvalue weighted by molar-refractivity contribution is -0.123. The molecule has 1 heterocycles. The van der Waals surface area contributed by atoms with E-state index >= 15 is 0 Å². The van der Waals surface area contributed by atoms with Crippen LogP contribution in [0.3, 0.4) is 0 Å². The zero-order valence-corrected chi connectivity index (χ0v) is 14.4. The summed E-state index contributed by atoms with van der Waals surface area (Å²) in [7, 11) is 2.08. The van der Waals surface area contributed by atoms with Crippen molar-refractivity contribution in [2.75, 3.05) is 13.2 Å². The molecule has 0 radical (unpaired) electrons. The zero-order valence-electron chi connectivity index (χ0n) is 14.4. The van der Waals surface area contributed by atoms with Gasteiger partial charge in [0.2, 0.25) is 0 Å². The summed E-state index contributed by atoms with van der Waals surface area (Å²) >= 11 is 0. The topological polar surface area (TPSA) is 43.3 Å². The molecule has 2 aromatic carbocycles. The van der Waals surface area contributed by atoms with E-state index in [2.05, 4.69) is 47.4 Å². The van der Waals surface area contributed by atoms with Crippen molar-refractivity contribution in [2.45, 2.75) is 18.3 Å². The lowest BCUT2D eigenvalue weighted by atomic mass is 9.95. The number of rotatable bonds is 6. The van der Waals surface area contributed by atoms with Crippen molar-refractivity contribution in [3.05, 3.63) is 66.4 Å². The molecular weight excluding hydrogens is 312 g/mol. The Bertz CT molecular complexity index is 895. The average Bonchev–Trinajstić information content (AvgIpc) is 3.37. The normalized spacial score (nSPS) is 15.1. The van der Waals surface area contributed by atoms with Crippen LogP contribution >= 0.6 is 0 Å². The Morgan fingerprint density at radius 1 is 1.12 bits per heavy atom. The predicted octanol–water partition coefficient (Wildman–Crippen LogP) is 3.41. The predicted molar refractivity (Wildman–Crippen MR) is 98.8 cm³/mol. The number of fused-ring (bicyclic) bond motifs is 1. The van der Waals surface area contributed by atoms with Gasteiger partial charge >= 0.3 is 0 Å². The van der Waals surface area contributed by atoms with Crippen LogP contribution in [0.2, 0.25) is 0 Å². The van der Waals surface area contributed by atoms with Crippen LogP contribution in [-0.2, 0) is 17.3 Å². The molecule has 25 heavy (non-hydrogen) atoms. The molecule has 4 rings (SSSR count). The fourth-order valence-corrected chi connectivity index (χ4v) is 3.44. The van der Waals surface area contributed by atoms with E-state index in [0.717, 1.165) is 12.8 Å². The molecule has 1 N–H and O–H groups in total. The van der Waals surface area contributed by atoms with Crippen molar-refractivity contribution in [1.29, 1.82) is 0 Å². The Balaban J connectivity index is 1.41. The maximum Gasteiger partial charge on any atom is 0.257 e. The number of amides is 1. The van der Waals surface area contributed by atoms with Crippen LogP contribution in [-0.4, -0.2) is 23.6 Å². The Morgan fingerprint density at radius 2 is 1.84 bits per heavy atom. The molecular formula is C21H22N2O2. The van der Waals surface area contributed by atoms with Crippen LogP contribution in [0.1, 0.15) is 18.4 Å². The second-order valence-corrected chi connectivity index (χ2v) is 6.83. The van der Waals surface area contributed by atoms with Gasteiger partial charge in [-0.1, -0.05) is 36.4 Å². The highest BCUT2D eigenvalue weighted by atomic mass is 16.5. The molecule has 0 spiro atoms. The highest BCUT2D eigenvalue weighted by molar-refractivity contribution is 5.86. The first-order valence-electron chi connectivity index (χ1n) is 8.67. The van der Waals surface area contributed by atoms with Crippen LogP contribution in [0.15, 0.2) is 60.8 Å². The van der Waals surface area contributed by atoms with E-state index in [1.54, 1.807) is 0 Å². The summed E-state index contributed by atoms with van der Waals surface area (Å²) in [5.41, 5.74) is 2.65. The van der Waals surface area contributed by atoms with Crippen LogP contribution in [0, 0.1) is 0 Å². The van der Waals surface area contributed by atoms with E-state index in [1.807, 2.05) is 30.3 Å². The van der Waals surface area contributed by atoms with Crippen molar-refractivity contribution in [3.8, 4) is 5.75 Å². The number of hydrogen-bond donors (Lipinski definition) is 1. The molecule has 3 aromatic rings. The Labute approximate surface area is 147 Å². The molecule has 1 aliphatic rings. The number of aromatic nitrogens is 1.